The van der Waals surface area contributed by atoms with Crippen molar-refractivity contribution in [3.8, 4) is 5.75 Å². The summed E-state index contributed by atoms with van der Waals surface area (Å²) in [5.74, 6) is 0.744. The highest BCUT2D eigenvalue weighted by Crippen LogP contribution is 2.23. The van der Waals surface area contributed by atoms with Crippen LogP contribution < -0.4 is 10.2 Å². The van der Waals surface area contributed by atoms with Gasteiger partial charge in [0.2, 0.25) is 5.43 Å². The van der Waals surface area contributed by atoms with Crippen molar-refractivity contribution < 1.29 is 9.15 Å². The van der Waals surface area contributed by atoms with Crippen LogP contribution in [0.5, 0.6) is 5.75 Å². The molecule has 3 aromatic rings. The minimum atomic E-state index is 0.00243. The van der Waals surface area contributed by atoms with E-state index in [0.717, 1.165) is 38.2 Å². The summed E-state index contributed by atoms with van der Waals surface area (Å²) in [6.07, 6.45) is 2.13. The number of hydrogen-bond donors (Lipinski definition) is 0. The Hall–Kier alpha value is -2.33. The fourth-order valence-electron chi connectivity index (χ4n) is 3.04. The van der Waals surface area contributed by atoms with Gasteiger partial charge in [0, 0.05) is 6.07 Å². The average Bonchev–Trinajstić information content (AvgIpc) is 2.65. The van der Waals surface area contributed by atoms with Crippen LogP contribution >= 0.6 is 0 Å². The molecule has 4 heteroatoms. The highest BCUT2D eigenvalue weighted by molar-refractivity contribution is 5.90. The number of ether oxygens (including phenoxy) is 1. The van der Waals surface area contributed by atoms with Crippen molar-refractivity contribution in [2.45, 2.75) is 26.7 Å². The highest BCUT2D eigenvalue weighted by Gasteiger charge is 2.08. The zero-order valence-electron chi connectivity index (χ0n) is 15.0. The van der Waals surface area contributed by atoms with Gasteiger partial charge in [0.15, 0.2) is 0 Å². The van der Waals surface area contributed by atoms with Gasteiger partial charge >= 0.3 is 0 Å². The third-order valence-corrected chi connectivity index (χ3v) is 4.58. The summed E-state index contributed by atoms with van der Waals surface area (Å²) in [6.45, 7) is 8.34. The van der Waals surface area contributed by atoms with Crippen molar-refractivity contribution in [2.75, 3.05) is 26.2 Å². The average molecular weight is 339 g/mol. The quantitative estimate of drug-likeness (QED) is 0.449. The number of benzene rings is 2. The molecule has 0 aliphatic carbocycles. The van der Waals surface area contributed by atoms with E-state index in [4.69, 9.17) is 9.15 Å². The molecule has 1 aromatic heterocycles. The van der Waals surface area contributed by atoms with E-state index < -0.39 is 0 Å². The van der Waals surface area contributed by atoms with Crippen LogP contribution in [0, 0.1) is 0 Å². The maximum atomic E-state index is 12.5. The molecule has 0 saturated carbocycles. The molecule has 2 aromatic carbocycles. The third-order valence-electron chi connectivity index (χ3n) is 4.58. The van der Waals surface area contributed by atoms with E-state index in [0.29, 0.717) is 28.5 Å². The van der Waals surface area contributed by atoms with Crippen LogP contribution in [0.4, 0.5) is 0 Å². The predicted octanol–water partition coefficient (Wildman–Crippen LogP) is 4.45. The summed E-state index contributed by atoms with van der Waals surface area (Å²) in [5.41, 5.74) is 1.18. The van der Waals surface area contributed by atoms with E-state index in [1.807, 2.05) is 30.3 Å². The Labute approximate surface area is 148 Å². The van der Waals surface area contributed by atoms with Crippen LogP contribution in [0.25, 0.3) is 21.9 Å². The van der Waals surface area contributed by atoms with Crippen LogP contribution in [0.15, 0.2) is 51.7 Å². The molecular weight excluding hydrogens is 314 g/mol. The molecule has 132 valence electrons. The molecule has 4 nitrogen and oxygen atoms in total. The molecule has 0 bridgehead atoms. The van der Waals surface area contributed by atoms with Crippen LogP contribution in [0.1, 0.15) is 26.7 Å². The standard InChI is InChI=1S/C21H25NO3/c1-3-22(4-2)13-7-8-14-24-16-11-12-18-20(15-16)25-19-10-6-5-9-17(19)21(18)23/h5-6,9-12,15H,3-4,7-8,13-14H2,1-2H3. The Bertz CT molecular complexity index is 896. The molecule has 0 spiro atoms. The molecule has 0 amide bonds. The summed E-state index contributed by atoms with van der Waals surface area (Å²) in [7, 11) is 0. The number of hydrogen-bond acceptors (Lipinski definition) is 4. The molecule has 0 atom stereocenters. The largest absolute Gasteiger partial charge is 0.493 e. The van der Waals surface area contributed by atoms with Gasteiger partial charge in [-0.25, -0.2) is 0 Å². The van der Waals surface area contributed by atoms with Gasteiger partial charge < -0.3 is 14.1 Å². The molecule has 0 aliphatic rings. The monoisotopic (exact) mass is 339 g/mol. The fourth-order valence-corrected chi connectivity index (χ4v) is 3.04. The second-order valence-corrected chi connectivity index (χ2v) is 6.17. The summed E-state index contributed by atoms with van der Waals surface area (Å²) in [6, 6.07) is 12.8. The highest BCUT2D eigenvalue weighted by atomic mass is 16.5. The first-order valence-electron chi connectivity index (χ1n) is 9.03. The van der Waals surface area contributed by atoms with Crippen molar-refractivity contribution in [2.24, 2.45) is 0 Å². The normalized spacial score (nSPS) is 11.5. The van der Waals surface area contributed by atoms with Crippen molar-refractivity contribution in [3.63, 3.8) is 0 Å². The molecule has 0 radical (unpaired) electrons. The van der Waals surface area contributed by atoms with E-state index in [9.17, 15) is 4.79 Å². The topological polar surface area (TPSA) is 42.7 Å². The lowest BCUT2D eigenvalue weighted by atomic mass is 10.1. The third kappa shape index (κ3) is 4.02. The fraction of sp³-hybridized carbons (Fsp3) is 0.381. The number of rotatable bonds is 8. The lowest BCUT2D eigenvalue weighted by molar-refractivity contribution is 0.266. The van der Waals surface area contributed by atoms with Crippen molar-refractivity contribution in [3.05, 3.63) is 52.7 Å². The SMILES string of the molecule is CCN(CC)CCCCOc1ccc2c(=O)c3ccccc3oc2c1. The van der Waals surface area contributed by atoms with Gasteiger partial charge in [0.25, 0.3) is 0 Å². The van der Waals surface area contributed by atoms with Crippen LogP contribution in [-0.4, -0.2) is 31.1 Å². The van der Waals surface area contributed by atoms with Gasteiger partial charge in [0.1, 0.15) is 16.9 Å². The molecule has 1 heterocycles. The van der Waals surface area contributed by atoms with Gasteiger partial charge in [-0.2, -0.15) is 0 Å². The zero-order valence-corrected chi connectivity index (χ0v) is 15.0. The first-order valence-corrected chi connectivity index (χ1v) is 9.03. The predicted molar refractivity (Wildman–Crippen MR) is 103 cm³/mol. The molecule has 3 rings (SSSR count). The van der Waals surface area contributed by atoms with E-state index >= 15 is 0 Å². The van der Waals surface area contributed by atoms with Crippen molar-refractivity contribution >= 4 is 21.9 Å². The van der Waals surface area contributed by atoms with Gasteiger partial charge in [-0.1, -0.05) is 26.0 Å². The van der Waals surface area contributed by atoms with E-state index in [2.05, 4.69) is 18.7 Å². The Morgan fingerprint density at radius 2 is 1.72 bits per heavy atom. The number of fused-ring (bicyclic) bond motifs is 2. The molecule has 0 fully saturated rings. The van der Waals surface area contributed by atoms with Gasteiger partial charge in [0.05, 0.1) is 17.4 Å². The lowest BCUT2D eigenvalue weighted by Crippen LogP contribution is -2.24. The summed E-state index contributed by atoms with van der Waals surface area (Å²) in [5, 5.41) is 1.20. The Balaban J connectivity index is 1.67. The zero-order chi connectivity index (χ0) is 17.6. The van der Waals surface area contributed by atoms with E-state index in [1.165, 1.54) is 0 Å². The van der Waals surface area contributed by atoms with Crippen LogP contribution in [0.2, 0.25) is 0 Å². The summed E-state index contributed by atoms with van der Waals surface area (Å²) in [4.78, 5) is 14.9. The van der Waals surface area contributed by atoms with Crippen molar-refractivity contribution in [1.82, 2.24) is 4.90 Å². The Morgan fingerprint density at radius 3 is 2.52 bits per heavy atom. The number of nitrogens with zero attached hydrogens (tertiary/aromatic N) is 1. The van der Waals surface area contributed by atoms with Gasteiger partial charge in [-0.05, 0) is 56.7 Å². The second-order valence-electron chi connectivity index (χ2n) is 6.17. The molecule has 0 unspecified atom stereocenters. The lowest BCUT2D eigenvalue weighted by Gasteiger charge is -2.17. The summed E-state index contributed by atoms with van der Waals surface area (Å²) < 4.78 is 11.7. The van der Waals surface area contributed by atoms with Crippen LogP contribution in [-0.2, 0) is 0 Å². The Kier molecular flexibility index (Phi) is 5.71. The number of unbranched alkanes of at least 4 members (excludes halogenated alkanes) is 1. The van der Waals surface area contributed by atoms with Crippen LogP contribution in [0.3, 0.4) is 0 Å². The minimum absolute atomic E-state index is 0.00243. The maximum Gasteiger partial charge on any atom is 0.200 e. The maximum absolute atomic E-state index is 12.5. The number of para-hydroxylation sites is 1. The minimum Gasteiger partial charge on any atom is -0.493 e. The molecule has 0 saturated heterocycles. The van der Waals surface area contributed by atoms with Gasteiger partial charge in [-0.3, -0.25) is 4.79 Å². The first kappa shape index (κ1) is 17.5. The van der Waals surface area contributed by atoms with E-state index in [-0.39, 0.29) is 5.43 Å². The van der Waals surface area contributed by atoms with Crippen molar-refractivity contribution in [1.29, 1.82) is 0 Å². The van der Waals surface area contributed by atoms with E-state index in [1.54, 1.807) is 12.1 Å². The molecular formula is C21H25NO3. The summed E-state index contributed by atoms with van der Waals surface area (Å²) >= 11 is 0. The second kappa shape index (κ2) is 8.17. The molecule has 25 heavy (non-hydrogen) atoms. The smallest absolute Gasteiger partial charge is 0.200 e. The van der Waals surface area contributed by atoms with Gasteiger partial charge in [-0.15, -0.1) is 0 Å². The molecule has 0 N–H and O–H groups in total. The first-order chi connectivity index (χ1) is 12.2. The Morgan fingerprint density at radius 1 is 0.960 bits per heavy atom. The molecule has 0 aliphatic heterocycles.